The minimum Gasteiger partial charge on any atom is -0.486 e. The van der Waals surface area contributed by atoms with Gasteiger partial charge in [0.1, 0.15) is 12.7 Å². The standard InChI is InChI=1S/C13H17NO3/c1-9(2)13(15)14-7-10-8-16-11-5-3-4-6-12(11)17-10/h3-6,9-10H,7-8H2,1-2H3,(H,14,15)/t10-/m1/s1. The molecule has 0 spiro atoms. The first kappa shape index (κ1) is 11.8. The lowest BCUT2D eigenvalue weighted by Gasteiger charge is -2.26. The Labute approximate surface area is 101 Å². The zero-order chi connectivity index (χ0) is 12.3. The molecule has 1 aliphatic rings. The Morgan fingerprint density at radius 2 is 2.12 bits per heavy atom. The molecule has 0 saturated carbocycles. The number of carbonyl (C=O) groups is 1. The highest BCUT2D eigenvalue weighted by Crippen LogP contribution is 2.30. The molecule has 1 atom stereocenters. The molecule has 2 rings (SSSR count). The fourth-order valence-corrected chi connectivity index (χ4v) is 1.58. The van der Waals surface area contributed by atoms with Crippen LogP contribution in [0, 0.1) is 5.92 Å². The average Bonchev–Trinajstić information content (AvgIpc) is 2.35. The van der Waals surface area contributed by atoms with Gasteiger partial charge in [0.15, 0.2) is 11.5 Å². The summed E-state index contributed by atoms with van der Waals surface area (Å²) >= 11 is 0. The summed E-state index contributed by atoms with van der Waals surface area (Å²) < 4.78 is 11.3. The third kappa shape index (κ3) is 2.90. The quantitative estimate of drug-likeness (QED) is 0.865. The van der Waals surface area contributed by atoms with Gasteiger partial charge in [0.05, 0.1) is 6.54 Å². The highest BCUT2D eigenvalue weighted by atomic mass is 16.6. The van der Waals surface area contributed by atoms with Gasteiger partial charge in [-0.2, -0.15) is 0 Å². The van der Waals surface area contributed by atoms with E-state index in [2.05, 4.69) is 5.32 Å². The SMILES string of the molecule is CC(C)C(=O)NC[C@@H]1COc2ccccc2O1. The maximum Gasteiger partial charge on any atom is 0.222 e. The van der Waals surface area contributed by atoms with Crippen molar-refractivity contribution in [2.24, 2.45) is 5.92 Å². The summed E-state index contributed by atoms with van der Waals surface area (Å²) in [5.74, 6) is 1.53. The molecular weight excluding hydrogens is 218 g/mol. The van der Waals surface area contributed by atoms with Gasteiger partial charge in [-0.25, -0.2) is 0 Å². The average molecular weight is 235 g/mol. The first-order valence-corrected chi connectivity index (χ1v) is 5.83. The number of fused-ring (bicyclic) bond motifs is 1. The molecule has 0 aromatic heterocycles. The van der Waals surface area contributed by atoms with Crippen LogP contribution >= 0.6 is 0 Å². The van der Waals surface area contributed by atoms with Crippen molar-refractivity contribution < 1.29 is 14.3 Å². The van der Waals surface area contributed by atoms with Crippen molar-refractivity contribution in [2.75, 3.05) is 13.2 Å². The Balaban J connectivity index is 1.88. The van der Waals surface area contributed by atoms with Crippen molar-refractivity contribution in [3.8, 4) is 11.5 Å². The van der Waals surface area contributed by atoms with E-state index in [1.807, 2.05) is 38.1 Å². The molecule has 17 heavy (non-hydrogen) atoms. The van der Waals surface area contributed by atoms with E-state index in [4.69, 9.17) is 9.47 Å². The smallest absolute Gasteiger partial charge is 0.222 e. The molecular formula is C13H17NO3. The Morgan fingerprint density at radius 1 is 1.41 bits per heavy atom. The van der Waals surface area contributed by atoms with Crippen LogP contribution in [0.3, 0.4) is 0 Å². The lowest BCUT2D eigenvalue weighted by atomic mass is 10.2. The molecule has 1 aromatic rings. The third-order valence-electron chi connectivity index (χ3n) is 2.60. The third-order valence-corrected chi connectivity index (χ3v) is 2.60. The summed E-state index contributed by atoms with van der Waals surface area (Å²) in [5.41, 5.74) is 0. The minimum atomic E-state index is -0.118. The van der Waals surface area contributed by atoms with Gasteiger partial charge in [0, 0.05) is 5.92 Å². The second-order valence-electron chi connectivity index (χ2n) is 4.40. The molecule has 1 N–H and O–H groups in total. The zero-order valence-electron chi connectivity index (χ0n) is 10.1. The highest BCUT2D eigenvalue weighted by molar-refractivity contribution is 5.77. The van der Waals surface area contributed by atoms with E-state index in [9.17, 15) is 4.79 Å². The van der Waals surface area contributed by atoms with Crippen LogP contribution in [0.25, 0.3) is 0 Å². The van der Waals surface area contributed by atoms with E-state index >= 15 is 0 Å². The maximum atomic E-state index is 11.4. The predicted molar refractivity (Wildman–Crippen MR) is 64.2 cm³/mol. The normalized spacial score (nSPS) is 17.9. The van der Waals surface area contributed by atoms with E-state index in [0.717, 1.165) is 11.5 Å². The van der Waals surface area contributed by atoms with E-state index in [0.29, 0.717) is 13.2 Å². The monoisotopic (exact) mass is 235 g/mol. The predicted octanol–water partition coefficient (Wildman–Crippen LogP) is 1.60. The van der Waals surface area contributed by atoms with Crippen LogP contribution < -0.4 is 14.8 Å². The minimum absolute atomic E-state index is 0.00760. The lowest BCUT2D eigenvalue weighted by Crippen LogP contribution is -2.41. The van der Waals surface area contributed by atoms with Gasteiger partial charge < -0.3 is 14.8 Å². The Morgan fingerprint density at radius 3 is 2.82 bits per heavy atom. The van der Waals surface area contributed by atoms with Gasteiger partial charge in [-0.05, 0) is 12.1 Å². The van der Waals surface area contributed by atoms with Crippen LogP contribution in [0.2, 0.25) is 0 Å². The Kier molecular flexibility index (Phi) is 3.52. The number of benzene rings is 1. The molecule has 0 aliphatic carbocycles. The van der Waals surface area contributed by atoms with Crippen molar-refractivity contribution in [2.45, 2.75) is 20.0 Å². The molecule has 0 radical (unpaired) electrons. The number of hydrogen-bond acceptors (Lipinski definition) is 3. The summed E-state index contributed by atoms with van der Waals surface area (Å²) in [6.45, 7) is 4.67. The number of hydrogen-bond donors (Lipinski definition) is 1. The summed E-state index contributed by atoms with van der Waals surface area (Å²) in [4.78, 5) is 11.4. The number of nitrogens with one attached hydrogen (secondary N) is 1. The molecule has 0 fully saturated rings. The lowest BCUT2D eigenvalue weighted by molar-refractivity contribution is -0.124. The van der Waals surface area contributed by atoms with Crippen molar-refractivity contribution in [1.82, 2.24) is 5.32 Å². The van der Waals surface area contributed by atoms with E-state index in [-0.39, 0.29) is 17.9 Å². The molecule has 92 valence electrons. The molecule has 0 saturated heterocycles. The van der Waals surface area contributed by atoms with Crippen LogP contribution in [0.4, 0.5) is 0 Å². The molecule has 0 bridgehead atoms. The van der Waals surface area contributed by atoms with Gasteiger partial charge in [-0.3, -0.25) is 4.79 Å². The van der Waals surface area contributed by atoms with Crippen molar-refractivity contribution in [3.05, 3.63) is 24.3 Å². The van der Waals surface area contributed by atoms with Crippen LogP contribution in [0.1, 0.15) is 13.8 Å². The first-order chi connectivity index (χ1) is 8.16. The molecule has 1 heterocycles. The summed E-state index contributed by atoms with van der Waals surface area (Å²) in [6, 6.07) is 7.55. The number of rotatable bonds is 3. The Hall–Kier alpha value is -1.71. The second kappa shape index (κ2) is 5.08. The molecule has 1 aromatic carbocycles. The summed E-state index contributed by atoms with van der Waals surface area (Å²) in [7, 11) is 0. The number of carbonyl (C=O) groups excluding carboxylic acids is 1. The van der Waals surface area contributed by atoms with Crippen molar-refractivity contribution >= 4 is 5.91 Å². The van der Waals surface area contributed by atoms with Crippen LogP contribution in [0.5, 0.6) is 11.5 Å². The fourth-order valence-electron chi connectivity index (χ4n) is 1.58. The van der Waals surface area contributed by atoms with Gasteiger partial charge in [0.2, 0.25) is 5.91 Å². The zero-order valence-corrected chi connectivity index (χ0v) is 10.1. The van der Waals surface area contributed by atoms with Gasteiger partial charge in [0.25, 0.3) is 0 Å². The van der Waals surface area contributed by atoms with Crippen LogP contribution in [-0.2, 0) is 4.79 Å². The van der Waals surface area contributed by atoms with Gasteiger partial charge >= 0.3 is 0 Å². The van der Waals surface area contributed by atoms with Gasteiger partial charge in [-0.1, -0.05) is 26.0 Å². The van der Waals surface area contributed by atoms with E-state index < -0.39 is 0 Å². The fraction of sp³-hybridized carbons (Fsp3) is 0.462. The summed E-state index contributed by atoms with van der Waals surface area (Å²) in [5, 5.41) is 2.84. The van der Waals surface area contributed by atoms with E-state index in [1.54, 1.807) is 0 Å². The van der Waals surface area contributed by atoms with Crippen LogP contribution in [0.15, 0.2) is 24.3 Å². The highest BCUT2D eigenvalue weighted by Gasteiger charge is 2.21. The number of amides is 1. The number of ether oxygens (including phenoxy) is 2. The molecule has 0 unspecified atom stereocenters. The molecule has 1 aliphatic heterocycles. The van der Waals surface area contributed by atoms with Crippen molar-refractivity contribution in [1.29, 1.82) is 0 Å². The molecule has 4 heteroatoms. The van der Waals surface area contributed by atoms with Gasteiger partial charge in [-0.15, -0.1) is 0 Å². The number of para-hydroxylation sites is 2. The topological polar surface area (TPSA) is 47.6 Å². The second-order valence-corrected chi connectivity index (χ2v) is 4.40. The summed E-state index contributed by atoms with van der Waals surface area (Å²) in [6.07, 6.45) is -0.118. The largest absolute Gasteiger partial charge is 0.486 e. The first-order valence-electron chi connectivity index (χ1n) is 5.83. The van der Waals surface area contributed by atoms with Crippen LogP contribution in [-0.4, -0.2) is 25.2 Å². The van der Waals surface area contributed by atoms with E-state index in [1.165, 1.54) is 0 Å². The Bertz CT molecular complexity index is 403. The maximum absolute atomic E-state index is 11.4. The molecule has 1 amide bonds. The molecule has 4 nitrogen and oxygen atoms in total. The van der Waals surface area contributed by atoms with Crippen molar-refractivity contribution in [3.63, 3.8) is 0 Å².